The molecular weight excluding hydrogens is 456 g/mol. The summed E-state index contributed by atoms with van der Waals surface area (Å²) in [5.74, 6) is 0.719. The maximum Gasteiger partial charge on any atom is 0.310 e. The molecule has 34 heavy (non-hydrogen) atoms. The highest BCUT2D eigenvalue weighted by atomic mass is 32.2. The number of hydrogen-bond acceptors (Lipinski definition) is 7. The second-order valence-electron chi connectivity index (χ2n) is 7.46. The van der Waals surface area contributed by atoms with E-state index >= 15 is 0 Å². The van der Waals surface area contributed by atoms with Gasteiger partial charge >= 0.3 is 5.97 Å². The van der Waals surface area contributed by atoms with Crippen LogP contribution in [0.5, 0.6) is 11.5 Å². The van der Waals surface area contributed by atoms with Crippen molar-refractivity contribution < 1.29 is 27.5 Å². The van der Waals surface area contributed by atoms with Gasteiger partial charge in [-0.05, 0) is 55.8 Å². The molecule has 0 aromatic heterocycles. The van der Waals surface area contributed by atoms with Gasteiger partial charge in [0.15, 0.2) is 0 Å². The quantitative estimate of drug-likeness (QED) is 0.231. The number of esters is 1. The predicted octanol–water partition coefficient (Wildman–Crippen LogP) is 3.37. The van der Waals surface area contributed by atoms with Gasteiger partial charge in [-0.3, -0.25) is 4.79 Å². The van der Waals surface area contributed by atoms with Crippen LogP contribution < -0.4 is 19.8 Å². The Balaban J connectivity index is 1.66. The number of sulfonamides is 1. The first kappa shape index (κ1) is 25.2. The van der Waals surface area contributed by atoms with Crippen molar-refractivity contribution in [1.29, 1.82) is 0 Å². The first-order chi connectivity index (χ1) is 16.4. The van der Waals surface area contributed by atoms with Crippen molar-refractivity contribution in [3.63, 3.8) is 0 Å². The van der Waals surface area contributed by atoms with Crippen molar-refractivity contribution >= 4 is 16.0 Å². The van der Waals surface area contributed by atoms with E-state index in [4.69, 9.17) is 14.3 Å². The molecule has 1 atom stereocenters. The number of ether oxygens (including phenoxy) is 2. The number of carbonyl (C=O) groups excluding carboxylic acids is 1. The molecule has 0 saturated carbocycles. The van der Waals surface area contributed by atoms with Crippen molar-refractivity contribution in [2.45, 2.75) is 31.3 Å². The Kier molecular flexibility index (Phi) is 9.03. The van der Waals surface area contributed by atoms with Gasteiger partial charge in [0.1, 0.15) is 24.3 Å². The highest BCUT2D eigenvalue weighted by Crippen LogP contribution is 2.14. The first-order valence-electron chi connectivity index (χ1n) is 10.8. The lowest BCUT2D eigenvalue weighted by molar-refractivity contribution is -0.142. The zero-order chi connectivity index (χ0) is 24.4. The summed E-state index contributed by atoms with van der Waals surface area (Å²) >= 11 is 0. The monoisotopic (exact) mass is 484 g/mol. The van der Waals surface area contributed by atoms with Crippen LogP contribution in [0, 0.1) is 6.92 Å². The summed E-state index contributed by atoms with van der Waals surface area (Å²) in [5.41, 5.74) is 4.44. The van der Waals surface area contributed by atoms with E-state index in [1.807, 2.05) is 25.1 Å². The molecule has 180 valence electrons. The Morgan fingerprint density at radius 2 is 1.59 bits per heavy atom. The third kappa shape index (κ3) is 7.87. The van der Waals surface area contributed by atoms with Crippen molar-refractivity contribution in [2.75, 3.05) is 13.2 Å². The second-order valence-corrected chi connectivity index (χ2v) is 9.17. The van der Waals surface area contributed by atoms with Crippen molar-refractivity contribution in [2.24, 2.45) is 0 Å². The summed E-state index contributed by atoms with van der Waals surface area (Å²) < 4.78 is 39.0. The standard InChI is InChI=1S/C25H28N2O6S/c1-3-31-25(28)17-20-11-13-22(14-12-20)33-26-24(18-32-21-7-5-4-6-8-21)27-34(29,30)23-15-9-19(2)10-16-23/h4-16,24,26-27H,3,17-18H2,1-2H3. The third-order valence-electron chi connectivity index (χ3n) is 4.68. The molecular formula is C25H28N2O6S. The normalized spacial score (nSPS) is 12.1. The molecule has 0 saturated heterocycles. The average molecular weight is 485 g/mol. The molecule has 0 radical (unpaired) electrons. The van der Waals surface area contributed by atoms with Gasteiger partial charge in [-0.25, -0.2) is 8.42 Å². The van der Waals surface area contributed by atoms with Gasteiger partial charge in [-0.1, -0.05) is 48.0 Å². The summed E-state index contributed by atoms with van der Waals surface area (Å²) in [6, 6.07) is 22.4. The molecule has 0 aliphatic rings. The number of nitrogens with one attached hydrogen (secondary N) is 2. The van der Waals surface area contributed by atoms with Crippen LogP contribution in [-0.4, -0.2) is 33.8 Å². The number of carbonyl (C=O) groups is 1. The third-order valence-corrected chi connectivity index (χ3v) is 6.17. The minimum Gasteiger partial charge on any atom is -0.490 e. The minimum atomic E-state index is -3.83. The molecule has 2 N–H and O–H groups in total. The van der Waals surface area contributed by atoms with Crippen LogP contribution in [0.1, 0.15) is 18.1 Å². The number of para-hydroxylation sites is 1. The fourth-order valence-electron chi connectivity index (χ4n) is 2.95. The average Bonchev–Trinajstić information content (AvgIpc) is 2.83. The number of aryl methyl sites for hydroxylation is 1. The van der Waals surface area contributed by atoms with Crippen LogP contribution in [0.3, 0.4) is 0 Å². The van der Waals surface area contributed by atoms with E-state index in [2.05, 4.69) is 10.2 Å². The van der Waals surface area contributed by atoms with Gasteiger partial charge in [0.25, 0.3) is 0 Å². The molecule has 0 heterocycles. The first-order valence-corrected chi connectivity index (χ1v) is 12.3. The summed E-state index contributed by atoms with van der Waals surface area (Å²) in [4.78, 5) is 17.3. The Morgan fingerprint density at radius 3 is 2.24 bits per heavy atom. The summed E-state index contributed by atoms with van der Waals surface area (Å²) in [7, 11) is -3.83. The molecule has 0 spiro atoms. The predicted molar refractivity (Wildman–Crippen MR) is 128 cm³/mol. The SMILES string of the molecule is CCOC(=O)Cc1ccc(ONC(COc2ccccc2)NS(=O)(=O)c2ccc(C)cc2)cc1. The van der Waals surface area contributed by atoms with Crippen LogP contribution in [0.25, 0.3) is 0 Å². The molecule has 0 bridgehead atoms. The molecule has 3 rings (SSSR count). The van der Waals surface area contributed by atoms with Crippen LogP contribution >= 0.6 is 0 Å². The molecule has 9 heteroatoms. The second kappa shape index (κ2) is 12.2. The van der Waals surface area contributed by atoms with Crippen LogP contribution in [-0.2, 0) is 26.0 Å². The number of hydroxylamine groups is 1. The van der Waals surface area contributed by atoms with Gasteiger partial charge in [0.2, 0.25) is 10.0 Å². The van der Waals surface area contributed by atoms with E-state index in [1.165, 1.54) is 12.1 Å². The number of hydrogen-bond donors (Lipinski definition) is 2. The molecule has 0 fully saturated rings. The summed E-state index contributed by atoms with van der Waals surface area (Å²) in [5, 5.41) is 0. The highest BCUT2D eigenvalue weighted by molar-refractivity contribution is 7.89. The van der Waals surface area contributed by atoms with Crippen LogP contribution in [0.2, 0.25) is 0 Å². The lowest BCUT2D eigenvalue weighted by Gasteiger charge is -2.21. The highest BCUT2D eigenvalue weighted by Gasteiger charge is 2.21. The fraction of sp³-hybridized carbons (Fsp3) is 0.240. The van der Waals surface area contributed by atoms with E-state index in [1.54, 1.807) is 55.5 Å². The Labute approximate surface area is 199 Å². The van der Waals surface area contributed by atoms with Gasteiger partial charge < -0.3 is 14.3 Å². The van der Waals surface area contributed by atoms with Crippen molar-refractivity contribution in [3.05, 3.63) is 90.0 Å². The zero-order valence-corrected chi connectivity index (χ0v) is 19.9. The molecule has 0 aliphatic carbocycles. The Morgan fingerprint density at radius 1 is 0.912 bits per heavy atom. The number of benzene rings is 3. The van der Waals surface area contributed by atoms with E-state index in [-0.39, 0.29) is 23.9 Å². The van der Waals surface area contributed by atoms with E-state index in [0.717, 1.165) is 11.1 Å². The Bertz CT molecular complexity index is 1150. The lowest BCUT2D eigenvalue weighted by Crippen LogP contribution is -2.50. The maximum absolute atomic E-state index is 12.9. The topological polar surface area (TPSA) is 103 Å². The molecule has 0 aliphatic heterocycles. The van der Waals surface area contributed by atoms with E-state index < -0.39 is 16.2 Å². The van der Waals surface area contributed by atoms with Gasteiger partial charge in [-0.2, -0.15) is 4.72 Å². The molecule has 1 unspecified atom stereocenters. The molecule has 3 aromatic rings. The molecule has 3 aromatic carbocycles. The zero-order valence-electron chi connectivity index (χ0n) is 19.1. The maximum atomic E-state index is 12.9. The van der Waals surface area contributed by atoms with Gasteiger partial charge in [-0.15, -0.1) is 5.48 Å². The van der Waals surface area contributed by atoms with Gasteiger partial charge in [0.05, 0.1) is 17.9 Å². The van der Waals surface area contributed by atoms with Crippen LogP contribution in [0.15, 0.2) is 83.8 Å². The van der Waals surface area contributed by atoms with E-state index in [9.17, 15) is 13.2 Å². The van der Waals surface area contributed by atoms with Crippen molar-refractivity contribution in [3.8, 4) is 11.5 Å². The largest absolute Gasteiger partial charge is 0.490 e. The summed E-state index contributed by atoms with van der Waals surface area (Å²) in [6.45, 7) is 3.93. The van der Waals surface area contributed by atoms with Crippen molar-refractivity contribution in [1.82, 2.24) is 10.2 Å². The number of rotatable bonds is 12. The minimum absolute atomic E-state index is 0.0317. The lowest BCUT2D eigenvalue weighted by atomic mass is 10.1. The Hall–Kier alpha value is -3.40. The van der Waals surface area contributed by atoms with Gasteiger partial charge in [0, 0.05) is 0 Å². The fourth-order valence-corrected chi connectivity index (χ4v) is 4.08. The van der Waals surface area contributed by atoms with Crippen LogP contribution in [0.4, 0.5) is 0 Å². The smallest absolute Gasteiger partial charge is 0.310 e. The molecule has 0 amide bonds. The molecule has 8 nitrogen and oxygen atoms in total. The van der Waals surface area contributed by atoms with E-state index in [0.29, 0.717) is 18.1 Å². The summed E-state index contributed by atoms with van der Waals surface area (Å²) in [6.07, 6.45) is -0.739.